The molecule has 0 aromatic heterocycles. The molecule has 0 aliphatic carbocycles. The molecule has 0 spiro atoms. The largest absolute Gasteiger partial charge is 0.326 e. The lowest BCUT2D eigenvalue weighted by molar-refractivity contribution is 0.232. The van der Waals surface area contributed by atoms with E-state index in [1.807, 2.05) is 19.9 Å². The molecule has 16 heavy (non-hydrogen) atoms. The fourth-order valence-electron chi connectivity index (χ4n) is 1.94. The van der Waals surface area contributed by atoms with Crippen LogP contribution in [0.5, 0.6) is 0 Å². The standard InChI is InChI=1S/C13H16N2O/c1-5-15-10(4)11-6-8(2)9(3)7-12(11)14-13(15)16/h6-7H,4-5H2,1-3H3,(H,14,16). The Labute approximate surface area is 95.8 Å². The molecule has 0 atom stereocenters. The van der Waals surface area contributed by atoms with Crippen molar-refractivity contribution >= 4 is 17.4 Å². The smallest absolute Gasteiger partial charge is 0.307 e. The molecule has 0 bridgehead atoms. The number of aryl methyl sites for hydroxylation is 2. The van der Waals surface area contributed by atoms with Crippen LogP contribution in [0.3, 0.4) is 0 Å². The van der Waals surface area contributed by atoms with Crippen LogP contribution in [0.25, 0.3) is 5.70 Å². The molecule has 0 saturated carbocycles. The number of urea groups is 1. The molecule has 84 valence electrons. The third-order valence-corrected chi connectivity index (χ3v) is 3.07. The van der Waals surface area contributed by atoms with Gasteiger partial charge in [0.15, 0.2) is 0 Å². The number of benzene rings is 1. The summed E-state index contributed by atoms with van der Waals surface area (Å²) in [5, 5.41) is 2.89. The van der Waals surface area contributed by atoms with Crippen molar-refractivity contribution in [3.05, 3.63) is 35.4 Å². The van der Waals surface area contributed by atoms with Crippen LogP contribution in [0, 0.1) is 13.8 Å². The summed E-state index contributed by atoms with van der Waals surface area (Å²) < 4.78 is 0. The van der Waals surface area contributed by atoms with Crippen molar-refractivity contribution in [3.63, 3.8) is 0 Å². The number of rotatable bonds is 1. The number of hydrogen-bond acceptors (Lipinski definition) is 1. The highest BCUT2D eigenvalue weighted by molar-refractivity contribution is 6.02. The van der Waals surface area contributed by atoms with Gasteiger partial charge in [-0.3, -0.25) is 4.90 Å². The third kappa shape index (κ3) is 1.48. The molecule has 1 aliphatic rings. The van der Waals surface area contributed by atoms with Gasteiger partial charge in [0.1, 0.15) is 0 Å². The first-order valence-electron chi connectivity index (χ1n) is 5.43. The van der Waals surface area contributed by atoms with E-state index in [1.165, 1.54) is 11.1 Å². The van der Waals surface area contributed by atoms with Crippen LogP contribution in [-0.2, 0) is 0 Å². The molecule has 3 heteroatoms. The van der Waals surface area contributed by atoms with Crippen molar-refractivity contribution < 1.29 is 4.79 Å². The summed E-state index contributed by atoms with van der Waals surface area (Å²) in [6, 6.07) is 3.99. The summed E-state index contributed by atoms with van der Waals surface area (Å²) in [6.45, 7) is 10.7. The molecule has 0 radical (unpaired) electrons. The van der Waals surface area contributed by atoms with Gasteiger partial charge in [-0.1, -0.05) is 6.58 Å². The number of hydrogen-bond donors (Lipinski definition) is 1. The van der Waals surface area contributed by atoms with Gasteiger partial charge in [-0.2, -0.15) is 0 Å². The average molecular weight is 216 g/mol. The number of nitrogens with zero attached hydrogens (tertiary/aromatic N) is 1. The van der Waals surface area contributed by atoms with Crippen molar-refractivity contribution in [3.8, 4) is 0 Å². The van der Waals surface area contributed by atoms with E-state index < -0.39 is 0 Å². The van der Waals surface area contributed by atoms with E-state index in [9.17, 15) is 4.79 Å². The maximum absolute atomic E-state index is 11.7. The Balaban J connectivity index is 2.55. The molecule has 2 rings (SSSR count). The predicted molar refractivity (Wildman–Crippen MR) is 66.3 cm³/mol. The van der Waals surface area contributed by atoms with E-state index in [4.69, 9.17) is 0 Å². The van der Waals surface area contributed by atoms with Crippen molar-refractivity contribution in [1.82, 2.24) is 4.90 Å². The zero-order chi connectivity index (χ0) is 11.9. The van der Waals surface area contributed by atoms with E-state index in [-0.39, 0.29) is 6.03 Å². The number of amides is 2. The Kier molecular flexibility index (Phi) is 2.46. The maximum Gasteiger partial charge on any atom is 0.326 e. The summed E-state index contributed by atoms with van der Waals surface area (Å²) in [5.74, 6) is 0. The van der Waals surface area contributed by atoms with E-state index >= 15 is 0 Å². The van der Waals surface area contributed by atoms with E-state index in [1.54, 1.807) is 4.90 Å². The molecule has 3 nitrogen and oxygen atoms in total. The fraction of sp³-hybridized carbons (Fsp3) is 0.308. The molecule has 1 aromatic rings. The number of anilines is 1. The first-order chi connectivity index (χ1) is 7.54. The van der Waals surface area contributed by atoms with Crippen LogP contribution in [0.4, 0.5) is 10.5 Å². The number of fused-ring (bicyclic) bond motifs is 1. The van der Waals surface area contributed by atoms with Gasteiger partial charge < -0.3 is 5.32 Å². The van der Waals surface area contributed by atoms with E-state index in [0.717, 1.165) is 16.9 Å². The van der Waals surface area contributed by atoms with Gasteiger partial charge in [0.25, 0.3) is 0 Å². The maximum atomic E-state index is 11.7. The van der Waals surface area contributed by atoms with Crippen LogP contribution in [0.2, 0.25) is 0 Å². The minimum Gasteiger partial charge on any atom is -0.307 e. The number of carbonyl (C=O) groups is 1. The molecule has 1 N–H and O–H groups in total. The highest BCUT2D eigenvalue weighted by Crippen LogP contribution is 2.32. The minimum absolute atomic E-state index is 0.0942. The lowest BCUT2D eigenvalue weighted by Crippen LogP contribution is -2.37. The van der Waals surface area contributed by atoms with Crippen molar-refractivity contribution in [1.29, 1.82) is 0 Å². The average Bonchev–Trinajstić information content (AvgIpc) is 2.22. The van der Waals surface area contributed by atoms with Crippen LogP contribution in [0.1, 0.15) is 23.6 Å². The lowest BCUT2D eigenvalue weighted by atomic mass is 10.0. The van der Waals surface area contributed by atoms with E-state index in [2.05, 4.69) is 24.9 Å². The topological polar surface area (TPSA) is 32.3 Å². The molecule has 1 aliphatic heterocycles. The first-order valence-corrected chi connectivity index (χ1v) is 5.43. The summed E-state index contributed by atoms with van der Waals surface area (Å²) in [5.41, 5.74) is 5.06. The second kappa shape index (κ2) is 3.67. The Morgan fingerprint density at radius 3 is 2.56 bits per heavy atom. The molecule has 2 amide bonds. The van der Waals surface area contributed by atoms with Gasteiger partial charge in [0, 0.05) is 17.8 Å². The van der Waals surface area contributed by atoms with Gasteiger partial charge in [0.2, 0.25) is 0 Å². The van der Waals surface area contributed by atoms with Crippen molar-refractivity contribution in [2.75, 3.05) is 11.9 Å². The predicted octanol–water partition coefficient (Wildman–Crippen LogP) is 3.14. The molecule has 0 unspecified atom stereocenters. The van der Waals surface area contributed by atoms with Crippen molar-refractivity contribution in [2.45, 2.75) is 20.8 Å². The highest BCUT2D eigenvalue weighted by atomic mass is 16.2. The third-order valence-electron chi connectivity index (χ3n) is 3.07. The van der Waals surface area contributed by atoms with Crippen LogP contribution in [0.15, 0.2) is 18.7 Å². The van der Waals surface area contributed by atoms with Crippen molar-refractivity contribution in [2.24, 2.45) is 0 Å². The molecule has 0 fully saturated rings. The Morgan fingerprint density at radius 1 is 1.31 bits per heavy atom. The van der Waals surface area contributed by atoms with Gasteiger partial charge in [-0.05, 0) is 44.0 Å². The number of nitrogens with one attached hydrogen (secondary N) is 1. The Hall–Kier alpha value is -1.77. The minimum atomic E-state index is -0.0942. The molecule has 0 saturated heterocycles. The van der Waals surface area contributed by atoms with Crippen LogP contribution >= 0.6 is 0 Å². The summed E-state index contributed by atoms with van der Waals surface area (Å²) in [6.07, 6.45) is 0. The van der Waals surface area contributed by atoms with Gasteiger partial charge in [-0.25, -0.2) is 4.79 Å². The Bertz CT molecular complexity index is 477. The zero-order valence-corrected chi connectivity index (χ0v) is 9.92. The summed E-state index contributed by atoms with van der Waals surface area (Å²) in [4.78, 5) is 13.4. The quantitative estimate of drug-likeness (QED) is 0.768. The lowest BCUT2D eigenvalue weighted by Gasteiger charge is -2.31. The Morgan fingerprint density at radius 2 is 1.94 bits per heavy atom. The van der Waals surface area contributed by atoms with Gasteiger partial charge in [0.05, 0.1) is 5.69 Å². The van der Waals surface area contributed by atoms with E-state index in [0.29, 0.717) is 6.54 Å². The molecular weight excluding hydrogens is 200 g/mol. The summed E-state index contributed by atoms with van der Waals surface area (Å²) >= 11 is 0. The molecular formula is C13H16N2O. The molecule has 1 heterocycles. The first kappa shape index (κ1) is 10.7. The van der Waals surface area contributed by atoms with Gasteiger partial charge in [-0.15, -0.1) is 0 Å². The monoisotopic (exact) mass is 216 g/mol. The second-order valence-corrected chi connectivity index (χ2v) is 4.10. The molecule has 1 aromatic carbocycles. The normalized spacial score (nSPS) is 14.8. The second-order valence-electron chi connectivity index (χ2n) is 4.10. The van der Waals surface area contributed by atoms with Crippen LogP contribution < -0.4 is 5.32 Å². The zero-order valence-electron chi connectivity index (χ0n) is 9.92. The van der Waals surface area contributed by atoms with Gasteiger partial charge >= 0.3 is 6.03 Å². The SMILES string of the molecule is C=C1c2cc(C)c(C)cc2NC(=O)N1CC. The highest BCUT2D eigenvalue weighted by Gasteiger charge is 2.25. The fourth-order valence-corrected chi connectivity index (χ4v) is 1.94. The number of carbonyl (C=O) groups excluding carboxylic acids is 1. The van der Waals surface area contributed by atoms with Crippen LogP contribution in [-0.4, -0.2) is 17.5 Å². The summed E-state index contributed by atoms with van der Waals surface area (Å²) in [7, 11) is 0.